The number of piperidine rings is 1. The fraction of sp³-hybridized carbons (Fsp3) is 0.643. The first-order valence-corrected chi connectivity index (χ1v) is 7.73. The number of likely N-dealkylation sites (tertiary alicyclic amines) is 1. The predicted molar refractivity (Wildman–Crippen MR) is 77.6 cm³/mol. The van der Waals surface area contributed by atoms with Gasteiger partial charge in [0.1, 0.15) is 0 Å². The molecular formula is C14H22N2O2S. The minimum absolute atomic E-state index is 0.0622. The van der Waals surface area contributed by atoms with Gasteiger partial charge in [-0.25, -0.2) is 0 Å². The van der Waals surface area contributed by atoms with Crippen molar-refractivity contribution in [3.05, 3.63) is 22.4 Å². The van der Waals surface area contributed by atoms with Crippen molar-refractivity contribution in [3.8, 4) is 0 Å². The fourth-order valence-electron chi connectivity index (χ4n) is 2.62. The molecule has 5 heteroatoms. The molecule has 1 aromatic heterocycles. The lowest BCUT2D eigenvalue weighted by Crippen LogP contribution is -2.44. The van der Waals surface area contributed by atoms with Gasteiger partial charge in [0.15, 0.2) is 0 Å². The van der Waals surface area contributed by atoms with Gasteiger partial charge in [0.2, 0.25) is 0 Å². The smallest absolute Gasteiger partial charge is 0.305 e. The van der Waals surface area contributed by atoms with Crippen LogP contribution in [0.25, 0.3) is 0 Å². The normalized spacial score (nSPS) is 22.3. The SMILES string of the molecule is CN1CCCCC1CNC(CC(=O)O)c1cccs1. The summed E-state index contributed by atoms with van der Waals surface area (Å²) in [4.78, 5) is 14.5. The van der Waals surface area contributed by atoms with Crippen LogP contribution in [0.5, 0.6) is 0 Å². The Morgan fingerprint density at radius 2 is 2.47 bits per heavy atom. The summed E-state index contributed by atoms with van der Waals surface area (Å²) in [7, 11) is 2.16. The Morgan fingerprint density at radius 1 is 1.63 bits per heavy atom. The van der Waals surface area contributed by atoms with E-state index in [1.54, 1.807) is 11.3 Å². The monoisotopic (exact) mass is 282 g/mol. The lowest BCUT2D eigenvalue weighted by molar-refractivity contribution is -0.137. The van der Waals surface area contributed by atoms with Crippen molar-refractivity contribution in [2.45, 2.75) is 37.8 Å². The number of thiophene rings is 1. The third-order valence-electron chi connectivity index (χ3n) is 3.79. The van der Waals surface area contributed by atoms with Gasteiger partial charge in [0, 0.05) is 17.5 Å². The Kier molecular flexibility index (Phi) is 5.36. The van der Waals surface area contributed by atoms with Gasteiger partial charge in [-0.3, -0.25) is 4.79 Å². The Morgan fingerprint density at radius 3 is 3.11 bits per heavy atom. The van der Waals surface area contributed by atoms with Gasteiger partial charge in [0.25, 0.3) is 0 Å². The summed E-state index contributed by atoms with van der Waals surface area (Å²) in [5, 5.41) is 14.5. The number of hydrogen-bond donors (Lipinski definition) is 2. The third-order valence-corrected chi connectivity index (χ3v) is 4.77. The number of likely N-dealkylation sites (N-methyl/N-ethyl adjacent to an activating group) is 1. The standard InChI is InChI=1S/C14H22N2O2S/c1-16-7-3-2-5-11(16)10-15-12(9-14(17)18)13-6-4-8-19-13/h4,6,8,11-12,15H,2-3,5,7,9-10H2,1H3,(H,17,18). The van der Waals surface area contributed by atoms with Gasteiger partial charge < -0.3 is 15.3 Å². The molecule has 4 nitrogen and oxygen atoms in total. The topological polar surface area (TPSA) is 52.6 Å². The number of carboxylic acids is 1. The highest BCUT2D eigenvalue weighted by molar-refractivity contribution is 7.10. The maximum absolute atomic E-state index is 11.0. The second kappa shape index (κ2) is 7.03. The highest BCUT2D eigenvalue weighted by Crippen LogP contribution is 2.23. The Balaban J connectivity index is 1.90. The van der Waals surface area contributed by atoms with Crippen molar-refractivity contribution < 1.29 is 9.90 Å². The first kappa shape index (κ1) is 14.5. The molecule has 106 valence electrons. The summed E-state index contributed by atoms with van der Waals surface area (Å²) in [5.41, 5.74) is 0. The minimum atomic E-state index is -0.747. The van der Waals surface area contributed by atoms with Crippen LogP contribution in [-0.4, -0.2) is 42.2 Å². The number of hydrogen-bond acceptors (Lipinski definition) is 4. The van der Waals surface area contributed by atoms with E-state index in [1.165, 1.54) is 19.3 Å². The average Bonchev–Trinajstić information content (AvgIpc) is 2.89. The van der Waals surface area contributed by atoms with E-state index in [4.69, 9.17) is 5.11 Å². The molecular weight excluding hydrogens is 260 g/mol. The lowest BCUT2D eigenvalue weighted by Gasteiger charge is -2.33. The molecule has 1 aliphatic rings. The zero-order valence-corrected chi connectivity index (χ0v) is 12.2. The van der Waals surface area contributed by atoms with Crippen LogP contribution < -0.4 is 5.32 Å². The molecule has 1 saturated heterocycles. The van der Waals surface area contributed by atoms with Gasteiger partial charge in [-0.2, -0.15) is 0 Å². The molecule has 2 rings (SSSR count). The van der Waals surface area contributed by atoms with E-state index in [9.17, 15) is 4.79 Å². The van der Waals surface area contributed by atoms with Crippen molar-refractivity contribution >= 4 is 17.3 Å². The maximum atomic E-state index is 11.0. The second-order valence-corrected chi connectivity index (χ2v) is 6.18. The molecule has 0 radical (unpaired) electrons. The molecule has 1 fully saturated rings. The van der Waals surface area contributed by atoms with E-state index in [0.717, 1.165) is 18.0 Å². The van der Waals surface area contributed by atoms with E-state index < -0.39 is 5.97 Å². The van der Waals surface area contributed by atoms with Crippen molar-refractivity contribution in [2.75, 3.05) is 20.1 Å². The molecule has 0 spiro atoms. The van der Waals surface area contributed by atoms with Crippen LogP contribution in [0.3, 0.4) is 0 Å². The molecule has 2 N–H and O–H groups in total. The van der Waals surface area contributed by atoms with E-state index >= 15 is 0 Å². The summed E-state index contributed by atoms with van der Waals surface area (Å²) in [6.45, 7) is 2.02. The first-order valence-electron chi connectivity index (χ1n) is 6.85. The average molecular weight is 282 g/mol. The molecule has 0 aliphatic carbocycles. The van der Waals surface area contributed by atoms with Crippen LogP contribution in [0.4, 0.5) is 0 Å². The van der Waals surface area contributed by atoms with Crippen LogP contribution in [0, 0.1) is 0 Å². The Bertz CT molecular complexity index is 394. The van der Waals surface area contributed by atoms with Crippen molar-refractivity contribution in [1.29, 1.82) is 0 Å². The van der Waals surface area contributed by atoms with E-state index in [-0.39, 0.29) is 12.5 Å². The van der Waals surface area contributed by atoms with E-state index in [2.05, 4.69) is 17.3 Å². The van der Waals surface area contributed by atoms with Crippen molar-refractivity contribution in [1.82, 2.24) is 10.2 Å². The van der Waals surface area contributed by atoms with Crippen molar-refractivity contribution in [2.24, 2.45) is 0 Å². The van der Waals surface area contributed by atoms with Crippen LogP contribution >= 0.6 is 11.3 Å². The number of rotatable bonds is 6. The number of carboxylic acid groups (broad SMARTS) is 1. The zero-order chi connectivity index (χ0) is 13.7. The van der Waals surface area contributed by atoms with Gasteiger partial charge in [0.05, 0.1) is 12.5 Å². The number of nitrogens with one attached hydrogen (secondary N) is 1. The lowest BCUT2D eigenvalue weighted by atomic mass is 10.0. The van der Waals surface area contributed by atoms with E-state index in [1.807, 2.05) is 17.5 Å². The first-order chi connectivity index (χ1) is 9.16. The summed E-state index contributed by atoms with van der Waals surface area (Å²) in [5.74, 6) is -0.747. The summed E-state index contributed by atoms with van der Waals surface area (Å²) >= 11 is 1.62. The molecule has 2 unspecified atom stereocenters. The Labute approximate surface area is 118 Å². The van der Waals surface area contributed by atoms with E-state index in [0.29, 0.717) is 6.04 Å². The van der Waals surface area contributed by atoms with Crippen LogP contribution in [0.2, 0.25) is 0 Å². The van der Waals surface area contributed by atoms with Crippen LogP contribution in [-0.2, 0) is 4.79 Å². The van der Waals surface area contributed by atoms with Crippen LogP contribution in [0.1, 0.15) is 36.6 Å². The largest absolute Gasteiger partial charge is 0.481 e. The van der Waals surface area contributed by atoms with Crippen molar-refractivity contribution in [3.63, 3.8) is 0 Å². The van der Waals surface area contributed by atoms with Crippen LogP contribution in [0.15, 0.2) is 17.5 Å². The highest BCUT2D eigenvalue weighted by Gasteiger charge is 2.22. The highest BCUT2D eigenvalue weighted by atomic mass is 32.1. The molecule has 1 aliphatic heterocycles. The van der Waals surface area contributed by atoms with Gasteiger partial charge in [-0.1, -0.05) is 12.5 Å². The minimum Gasteiger partial charge on any atom is -0.481 e. The summed E-state index contributed by atoms with van der Waals surface area (Å²) in [6, 6.07) is 4.46. The summed E-state index contributed by atoms with van der Waals surface area (Å²) in [6.07, 6.45) is 3.90. The molecule has 0 aromatic carbocycles. The van der Waals surface area contributed by atoms with Gasteiger partial charge >= 0.3 is 5.97 Å². The fourth-order valence-corrected chi connectivity index (χ4v) is 3.42. The van der Waals surface area contributed by atoms with Gasteiger partial charge in [-0.05, 0) is 37.9 Å². The van der Waals surface area contributed by atoms with Gasteiger partial charge in [-0.15, -0.1) is 11.3 Å². The molecule has 0 amide bonds. The number of aliphatic carboxylic acids is 1. The quantitative estimate of drug-likeness (QED) is 0.841. The molecule has 1 aromatic rings. The molecule has 0 bridgehead atoms. The zero-order valence-electron chi connectivity index (χ0n) is 11.3. The molecule has 0 saturated carbocycles. The second-order valence-electron chi connectivity index (χ2n) is 5.20. The number of carbonyl (C=O) groups is 1. The molecule has 19 heavy (non-hydrogen) atoms. The molecule has 2 heterocycles. The predicted octanol–water partition coefficient (Wildman–Crippen LogP) is 2.34. The maximum Gasteiger partial charge on any atom is 0.305 e. The third kappa shape index (κ3) is 4.30. The summed E-state index contributed by atoms with van der Waals surface area (Å²) < 4.78 is 0. The Hall–Kier alpha value is -0.910. The number of nitrogens with zero attached hydrogens (tertiary/aromatic N) is 1. The molecule has 2 atom stereocenters.